The molecule has 12 aromatic rings. The highest BCUT2D eigenvalue weighted by Crippen LogP contribution is 2.40. The molecule has 90 heavy (non-hydrogen) atoms. The van der Waals surface area contributed by atoms with Gasteiger partial charge in [-0.15, -0.1) is 0 Å². The minimum atomic E-state index is -1.02. The predicted molar refractivity (Wildman–Crippen MR) is 339 cm³/mol. The maximum Gasteiger partial charge on any atom is 0.240 e. The van der Waals surface area contributed by atoms with E-state index < -0.39 is 24.5 Å². The zero-order chi connectivity index (χ0) is 60.6. The molecule has 4 aliphatic heterocycles. The summed E-state index contributed by atoms with van der Waals surface area (Å²) < 4.78 is 4.85. The van der Waals surface area contributed by atoms with Gasteiger partial charge < -0.3 is 40.7 Å². The van der Waals surface area contributed by atoms with E-state index >= 15 is 0 Å². The van der Waals surface area contributed by atoms with Gasteiger partial charge in [0, 0.05) is 132 Å². The summed E-state index contributed by atoms with van der Waals surface area (Å²) in [6, 6.07) is 23.2. The lowest BCUT2D eigenvalue weighted by Gasteiger charge is -2.36. The lowest BCUT2D eigenvalue weighted by molar-refractivity contribution is -0.140. The van der Waals surface area contributed by atoms with Crippen LogP contribution in [0.5, 0.6) is 0 Å². The first-order valence-electron chi connectivity index (χ1n) is 31.1. The van der Waals surface area contributed by atoms with E-state index in [4.69, 9.17) is 15.7 Å². The number of amides is 2. The molecule has 16 heterocycles. The molecule has 24 heteroatoms. The van der Waals surface area contributed by atoms with Crippen molar-refractivity contribution in [3.05, 3.63) is 157 Å². The molecule has 12 aromatic heterocycles. The molecule has 0 aromatic carbocycles. The Kier molecular flexibility index (Phi) is 14.1. The van der Waals surface area contributed by atoms with Crippen LogP contribution in [0.1, 0.15) is 91.7 Å². The molecule has 24 nitrogen and oxygen atoms in total. The first kappa shape index (κ1) is 55.5. The van der Waals surface area contributed by atoms with Gasteiger partial charge in [-0.25, -0.2) is 15.0 Å². The molecule has 4 atom stereocenters. The molecular formula is C66H66N20O4. The van der Waals surface area contributed by atoms with Crippen molar-refractivity contribution >= 4 is 73.6 Å². The number of aromatic amines is 3. The van der Waals surface area contributed by atoms with Crippen molar-refractivity contribution in [2.24, 2.45) is 5.73 Å². The fourth-order valence-corrected chi connectivity index (χ4v) is 14.5. The van der Waals surface area contributed by atoms with Crippen LogP contribution in [0.25, 0.3) is 95.2 Å². The zero-order valence-electron chi connectivity index (χ0n) is 49.3. The second-order valence-electron chi connectivity index (χ2n) is 24.2. The Hall–Kier alpha value is -9.85. The van der Waals surface area contributed by atoms with E-state index in [2.05, 4.69) is 62.7 Å². The summed E-state index contributed by atoms with van der Waals surface area (Å²) in [5, 5.41) is 53.2. The van der Waals surface area contributed by atoms with Crippen molar-refractivity contribution in [3.8, 4) is 33.4 Å². The van der Waals surface area contributed by atoms with Crippen molar-refractivity contribution in [3.63, 3.8) is 0 Å². The van der Waals surface area contributed by atoms with Gasteiger partial charge in [0.2, 0.25) is 11.8 Å². The minimum absolute atomic E-state index is 0.0302. The molecule has 454 valence electrons. The van der Waals surface area contributed by atoms with Crippen LogP contribution in [-0.2, 0) is 16.1 Å². The van der Waals surface area contributed by atoms with Gasteiger partial charge in [-0.3, -0.25) is 19.4 Å². The topological polar surface area (TPSA) is 290 Å². The summed E-state index contributed by atoms with van der Waals surface area (Å²) in [4.78, 5) is 61.8. The zero-order valence-corrected chi connectivity index (χ0v) is 49.3. The van der Waals surface area contributed by atoms with Crippen LogP contribution in [0.2, 0.25) is 0 Å². The molecule has 7 N–H and O–H groups in total. The predicted octanol–water partition coefficient (Wildman–Crippen LogP) is 7.31. The second kappa shape index (κ2) is 22.9. The summed E-state index contributed by atoms with van der Waals surface area (Å²) in [5.74, 6) is 0.451. The van der Waals surface area contributed by atoms with Gasteiger partial charge in [-0.05, 0) is 165 Å². The maximum absolute atomic E-state index is 14.4. The Bertz CT molecular complexity index is 4760. The number of fused-ring (bicyclic) bond motifs is 6. The Morgan fingerprint density at radius 3 is 1.44 bits per heavy atom. The number of nitrogens with two attached hydrogens (primary N) is 1. The number of carbonyl (C=O) groups excluding carboxylic acids is 2. The molecule has 4 fully saturated rings. The highest BCUT2D eigenvalue weighted by atomic mass is 16.3. The number of H-pyrrole nitrogens is 3. The van der Waals surface area contributed by atoms with Crippen molar-refractivity contribution < 1.29 is 19.8 Å². The molecule has 2 unspecified atom stereocenters. The van der Waals surface area contributed by atoms with E-state index in [0.29, 0.717) is 81.3 Å². The summed E-state index contributed by atoms with van der Waals surface area (Å²) >= 11 is 0. The first-order valence-corrected chi connectivity index (χ1v) is 31.1. The Morgan fingerprint density at radius 1 is 0.511 bits per heavy atom. The van der Waals surface area contributed by atoms with Crippen LogP contribution in [0.4, 0.5) is 0 Å². The molecule has 0 bridgehead atoms. The fraction of sp³-hybridized carbons (Fsp3) is 0.318. The Labute approximate surface area is 514 Å². The number of pyridine rings is 3. The van der Waals surface area contributed by atoms with Gasteiger partial charge in [0.15, 0.2) is 0 Å². The van der Waals surface area contributed by atoms with Crippen molar-refractivity contribution in [1.29, 1.82) is 0 Å². The van der Waals surface area contributed by atoms with Gasteiger partial charge in [-0.1, -0.05) is 0 Å². The maximum atomic E-state index is 14.4. The highest BCUT2D eigenvalue weighted by molar-refractivity contribution is 6.01. The van der Waals surface area contributed by atoms with Gasteiger partial charge in [0.05, 0.1) is 58.6 Å². The van der Waals surface area contributed by atoms with Crippen LogP contribution in [0, 0.1) is 0 Å². The Morgan fingerprint density at radius 2 is 0.956 bits per heavy atom. The van der Waals surface area contributed by atoms with E-state index in [1.54, 1.807) is 50.8 Å². The minimum Gasteiger partial charge on any atom is -0.375 e. The largest absolute Gasteiger partial charge is 0.375 e. The molecule has 0 aliphatic carbocycles. The molecule has 4 saturated heterocycles. The van der Waals surface area contributed by atoms with Gasteiger partial charge in [0.25, 0.3) is 0 Å². The number of aliphatic hydroxyl groups is 2. The van der Waals surface area contributed by atoms with Crippen LogP contribution in [-0.4, -0.2) is 180 Å². The van der Waals surface area contributed by atoms with Crippen LogP contribution in [0.3, 0.4) is 0 Å². The van der Waals surface area contributed by atoms with Gasteiger partial charge in [0.1, 0.15) is 29.4 Å². The van der Waals surface area contributed by atoms with Crippen LogP contribution >= 0.6 is 0 Å². The third-order valence-corrected chi connectivity index (χ3v) is 19.1. The number of rotatable bonds is 14. The summed E-state index contributed by atoms with van der Waals surface area (Å²) in [7, 11) is 0. The smallest absolute Gasteiger partial charge is 0.240 e. The quantitative estimate of drug-likeness (QED) is 0.0622. The molecule has 0 spiro atoms. The van der Waals surface area contributed by atoms with E-state index in [1.807, 2.05) is 111 Å². The van der Waals surface area contributed by atoms with Crippen molar-refractivity contribution in [2.45, 2.75) is 94.3 Å². The summed E-state index contributed by atoms with van der Waals surface area (Å²) in [5.41, 5.74) is 20.8. The summed E-state index contributed by atoms with van der Waals surface area (Å²) in [6.07, 6.45) is 23.5. The number of nitrogens with zero attached hydrogens (tertiary/aromatic N) is 16. The first-order chi connectivity index (χ1) is 44.2. The lowest BCUT2D eigenvalue weighted by Crippen LogP contribution is -2.50. The SMILES string of the molecule is NCc1cc2c(-c3cnn4ncccc34)cc(/C=C/C(O)N3CCC[C@@H]3C(=O)N3CCC(c4cc5c(-c6cnn7ncccc67)cc(/C=C/C(O)N6CCC[C@H]6C(=O)N6CCC(c7cc8c(-c9cnn%10ncccc9%10)ccnc8[nH]7)CC6)nc5[nH]4)CC3)nc2[nH]1. The third-order valence-electron chi connectivity index (χ3n) is 19.1. The van der Waals surface area contributed by atoms with Crippen molar-refractivity contribution in [2.75, 3.05) is 39.3 Å². The highest BCUT2D eigenvalue weighted by Gasteiger charge is 2.40. The number of hydrogen-bond donors (Lipinski definition) is 6. The lowest BCUT2D eigenvalue weighted by atomic mass is 9.92. The number of hydrogen-bond acceptors (Lipinski definition) is 16. The number of piperidine rings is 2. The van der Waals surface area contributed by atoms with E-state index in [0.717, 1.165) is 127 Å². The third kappa shape index (κ3) is 9.96. The van der Waals surface area contributed by atoms with E-state index in [-0.39, 0.29) is 23.7 Å². The monoisotopic (exact) mass is 1200 g/mol. The van der Waals surface area contributed by atoms with Crippen molar-refractivity contribution in [1.82, 2.24) is 94.0 Å². The number of likely N-dealkylation sites (tertiary alicyclic amines) is 4. The second-order valence-corrected chi connectivity index (χ2v) is 24.2. The van der Waals surface area contributed by atoms with Crippen LogP contribution < -0.4 is 5.73 Å². The number of aliphatic hydroxyl groups excluding tert-OH is 2. The molecule has 4 aliphatic rings. The summed E-state index contributed by atoms with van der Waals surface area (Å²) in [6.45, 7) is 3.89. The van der Waals surface area contributed by atoms with E-state index in [1.165, 1.54) is 0 Å². The van der Waals surface area contributed by atoms with Crippen LogP contribution in [0.15, 0.2) is 128 Å². The molecule has 0 saturated carbocycles. The Balaban J connectivity index is 0.585. The molecule has 2 amide bonds. The van der Waals surface area contributed by atoms with E-state index in [9.17, 15) is 19.8 Å². The molecule has 16 rings (SSSR count). The number of nitrogens with one attached hydrogen (secondary N) is 3. The number of carbonyl (C=O) groups is 2. The molecular weight excluding hydrogens is 1140 g/mol. The average molecular weight is 1200 g/mol. The standard InChI is InChI=1S/C66H66N20O4/c67-35-43-32-47-45(51-37-73-85-56(51)7-2-21-70-85)30-41(75-63(47)77-43)11-13-60(87)82-24-4-10-59(82)66(90)81-28-18-40(19-29-81)54-34-49-46(52-38-74-86-57(52)8-3-22-71-86)31-42(76-64(49)79-54)12-14-61(88)83-25-5-9-58(83)65(89)80-26-16-39(17-27-80)53-33-48-44(15-23-68-62(48)78-53)50-36-72-84-55(50)6-1-20-69-84/h1-3,6-8,11-15,20-23,30-34,36-40,58-61,87-88H,4-5,9-10,16-19,24-29,35,67H2,(H,68,78)(H,75,77)(H,76,79)/b13-11+,14-12+/t58-,59+,60?,61?/m0/s1. The normalized spacial score (nSPS) is 19.3. The van der Waals surface area contributed by atoms with Gasteiger partial charge >= 0.3 is 0 Å². The molecule has 0 radical (unpaired) electrons. The van der Waals surface area contributed by atoms with Gasteiger partial charge in [-0.2, -0.15) is 44.5 Å². The fourth-order valence-electron chi connectivity index (χ4n) is 14.5. The number of aromatic nitrogens is 15. The average Bonchev–Trinajstić information content (AvgIpc) is 1.74.